The van der Waals surface area contributed by atoms with Gasteiger partial charge in [-0.3, -0.25) is 4.79 Å². The van der Waals surface area contributed by atoms with Gasteiger partial charge in [-0.2, -0.15) is 0 Å². The minimum Gasteiger partial charge on any atom is -0.349 e. The lowest BCUT2D eigenvalue weighted by atomic mass is 9.63. The van der Waals surface area contributed by atoms with Gasteiger partial charge in [-0.05, 0) is 62.9 Å². The molecule has 3 aliphatic rings. The highest BCUT2D eigenvalue weighted by Gasteiger charge is 2.52. The first-order chi connectivity index (χ1) is 10.6. The Bertz CT molecular complexity index is 589. The molecule has 3 nitrogen and oxygen atoms in total. The molecule has 1 aromatic rings. The molecule has 1 aromatic carbocycles. The number of rotatable bonds is 5. The molecule has 3 fully saturated rings. The van der Waals surface area contributed by atoms with E-state index in [1.807, 2.05) is 6.07 Å². The summed E-state index contributed by atoms with van der Waals surface area (Å²) >= 11 is 0. The smallest absolute Gasteiger partial charge is 0.231 e. The van der Waals surface area contributed by atoms with Crippen molar-refractivity contribution in [1.29, 1.82) is 0 Å². The lowest BCUT2D eigenvalue weighted by Gasteiger charge is -2.43. The maximum Gasteiger partial charge on any atom is 0.231 e. The van der Waals surface area contributed by atoms with Crippen LogP contribution >= 0.6 is 0 Å². The first-order valence-corrected chi connectivity index (χ1v) is 8.43. The summed E-state index contributed by atoms with van der Waals surface area (Å²) in [4.78, 5) is 15.4. The predicted octanol–water partition coefficient (Wildman–Crippen LogP) is 2.60. The molecule has 118 valence electrons. The molecule has 0 atom stereocenters. The molecule has 0 spiro atoms. The zero-order chi connectivity index (χ0) is 15.2. The molecule has 0 bridgehead atoms. The number of benzene rings is 1. The van der Waals surface area contributed by atoms with Crippen LogP contribution in [-0.2, 0) is 10.2 Å². The summed E-state index contributed by atoms with van der Waals surface area (Å²) in [6, 6.07) is 6.59. The van der Waals surface area contributed by atoms with Crippen LogP contribution in [0.4, 0.5) is 4.39 Å². The third kappa shape index (κ3) is 2.34. The van der Waals surface area contributed by atoms with Crippen molar-refractivity contribution in [1.82, 2.24) is 10.2 Å². The Morgan fingerprint density at radius 3 is 2.45 bits per heavy atom. The van der Waals surface area contributed by atoms with E-state index in [-0.39, 0.29) is 17.3 Å². The molecule has 1 heterocycles. The Labute approximate surface area is 130 Å². The summed E-state index contributed by atoms with van der Waals surface area (Å²) in [5.74, 6) is -0.138. The summed E-state index contributed by atoms with van der Waals surface area (Å²) in [7, 11) is 0. The second-order valence-electron chi connectivity index (χ2n) is 7.31. The van der Waals surface area contributed by atoms with Gasteiger partial charge in [0.05, 0.1) is 11.0 Å². The number of hydrogen-bond donors (Lipinski definition) is 1. The highest BCUT2D eigenvalue weighted by Crippen LogP contribution is 2.46. The van der Waals surface area contributed by atoms with Crippen molar-refractivity contribution in [3.8, 4) is 0 Å². The molecular formula is C18H23FN2O. The Hall–Kier alpha value is -1.42. The summed E-state index contributed by atoms with van der Waals surface area (Å²) in [6.07, 6.45) is 6.15. The van der Waals surface area contributed by atoms with Crippen LogP contribution in [0.15, 0.2) is 24.3 Å². The topological polar surface area (TPSA) is 32.3 Å². The minimum atomic E-state index is -0.493. The fraction of sp³-hybridized carbons (Fsp3) is 0.611. The Morgan fingerprint density at radius 1 is 1.18 bits per heavy atom. The van der Waals surface area contributed by atoms with Gasteiger partial charge in [0.1, 0.15) is 5.82 Å². The highest BCUT2D eigenvalue weighted by atomic mass is 19.1. The first kappa shape index (κ1) is 14.2. The molecule has 4 heteroatoms. The first-order valence-electron chi connectivity index (χ1n) is 8.43. The molecule has 0 aromatic heterocycles. The zero-order valence-electron chi connectivity index (χ0n) is 12.9. The third-order valence-electron chi connectivity index (χ3n) is 5.73. The molecule has 1 amide bonds. The third-order valence-corrected chi connectivity index (χ3v) is 5.73. The lowest BCUT2D eigenvalue weighted by Crippen LogP contribution is -2.56. The van der Waals surface area contributed by atoms with E-state index in [0.717, 1.165) is 57.3 Å². The van der Waals surface area contributed by atoms with Crippen molar-refractivity contribution in [2.75, 3.05) is 19.6 Å². The lowest BCUT2D eigenvalue weighted by molar-refractivity contribution is -0.131. The number of nitrogens with zero attached hydrogens (tertiary/aromatic N) is 1. The van der Waals surface area contributed by atoms with E-state index in [9.17, 15) is 9.18 Å². The van der Waals surface area contributed by atoms with E-state index >= 15 is 0 Å². The normalized spacial score (nSPS) is 25.0. The van der Waals surface area contributed by atoms with Crippen LogP contribution in [-0.4, -0.2) is 36.0 Å². The van der Waals surface area contributed by atoms with Crippen molar-refractivity contribution in [2.24, 2.45) is 0 Å². The summed E-state index contributed by atoms with van der Waals surface area (Å²) in [5.41, 5.74) is 0.344. The van der Waals surface area contributed by atoms with Crippen molar-refractivity contribution in [3.63, 3.8) is 0 Å². The van der Waals surface area contributed by atoms with Gasteiger partial charge in [-0.15, -0.1) is 0 Å². The molecule has 1 aliphatic heterocycles. The molecule has 2 saturated carbocycles. The number of carbonyl (C=O) groups is 1. The summed E-state index contributed by atoms with van der Waals surface area (Å²) < 4.78 is 13.6. The fourth-order valence-electron chi connectivity index (χ4n) is 3.77. The van der Waals surface area contributed by atoms with Crippen molar-refractivity contribution >= 4 is 5.91 Å². The average molecular weight is 302 g/mol. The largest absolute Gasteiger partial charge is 0.349 e. The average Bonchev–Trinajstić information content (AvgIpc) is 3.13. The van der Waals surface area contributed by atoms with Crippen LogP contribution in [0.3, 0.4) is 0 Å². The second-order valence-corrected chi connectivity index (χ2v) is 7.31. The van der Waals surface area contributed by atoms with Gasteiger partial charge in [-0.1, -0.05) is 18.6 Å². The standard InChI is InChI=1S/C18H23FN2O/c19-15-5-1-4-14(12-15)18(6-2-7-18)16(22)20-17(8-9-17)13-21-10-3-11-21/h1,4-5,12H,2-3,6-11,13H2,(H,20,22). The van der Waals surface area contributed by atoms with E-state index in [2.05, 4.69) is 10.2 Å². The van der Waals surface area contributed by atoms with Crippen LogP contribution in [0.5, 0.6) is 0 Å². The quantitative estimate of drug-likeness (QED) is 0.907. The number of halogens is 1. The number of likely N-dealkylation sites (tertiary alicyclic amines) is 1. The Morgan fingerprint density at radius 2 is 1.95 bits per heavy atom. The molecule has 22 heavy (non-hydrogen) atoms. The molecule has 4 rings (SSSR count). The predicted molar refractivity (Wildman–Crippen MR) is 83.1 cm³/mol. The summed E-state index contributed by atoms with van der Waals surface area (Å²) in [6.45, 7) is 3.30. The van der Waals surface area contributed by atoms with Crippen LogP contribution in [0.25, 0.3) is 0 Å². The molecule has 1 N–H and O–H groups in total. The fourth-order valence-corrected chi connectivity index (χ4v) is 3.77. The second kappa shape index (κ2) is 5.05. The van der Waals surface area contributed by atoms with Gasteiger partial charge in [0.25, 0.3) is 0 Å². The Balaban J connectivity index is 1.50. The van der Waals surface area contributed by atoms with E-state index in [1.54, 1.807) is 6.07 Å². The molecule has 0 unspecified atom stereocenters. The van der Waals surface area contributed by atoms with Gasteiger partial charge in [0, 0.05) is 6.54 Å². The van der Waals surface area contributed by atoms with Gasteiger partial charge >= 0.3 is 0 Å². The van der Waals surface area contributed by atoms with Gasteiger partial charge in [0.2, 0.25) is 5.91 Å². The van der Waals surface area contributed by atoms with Crippen molar-refractivity contribution in [3.05, 3.63) is 35.6 Å². The van der Waals surface area contributed by atoms with Gasteiger partial charge in [-0.25, -0.2) is 4.39 Å². The molecule has 0 radical (unpaired) electrons. The van der Waals surface area contributed by atoms with E-state index in [4.69, 9.17) is 0 Å². The highest BCUT2D eigenvalue weighted by molar-refractivity contribution is 5.90. The molecule has 2 aliphatic carbocycles. The van der Waals surface area contributed by atoms with Gasteiger partial charge < -0.3 is 10.2 Å². The van der Waals surface area contributed by atoms with Gasteiger partial charge in [0.15, 0.2) is 0 Å². The van der Waals surface area contributed by atoms with E-state index in [0.29, 0.717) is 0 Å². The Kier molecular flexibility index (Phi) is 3.26. The number of nitrogens with one attached hydrogen (secondary N) is 1. The maximum atomic E-state index is 13.6. The van der Waals surface area contributed by atoms with Crippen LogP contribution in [0, 0.1) is 5.82 Å². The maximum absolute atomic E-state index is 13.6. The monoisotopic (exact) mass is 302 g/mol. The SMILES string of the molecule is O=C(NC1(CN2CCC2)CC1)C1(c2cccc(F)c2)CCC1. The number of amides is 1. The van der Waals surface area contributed by atoms with E-state index in [1.165, 1.54) is 18.6 Å². The molecular weight excluding hydrogens is 279 g/mol. The van der Waals surface area contributed by atoms with Crippen molar-refractivity contribution < 1.29 is 9.18 Å². The van der Waals surface area contributed by atoms with Crippen LogP contribution < -0.4 is 5.32 Å². The van der Waals surface area contributed by atoms with Crippen molar-refractivity contribution in [2.45, 2.75) is 49.5 Å². The number of carbonyl (C=O) groups excluding carboxylic acids is 1. The summed E-state index contributed by atoms with van der Waals surface area (Å²) in [5, 5.41) is 3.32. The van der Waals surface area contributed by atoms with Crippen LogP contribution in [0.1, 0.15) is 44.1 Å². The number of hydrogen-bond acceptors (Lipinski definition) is 2. The zero-order valence-corrected chi connectivity index (χ0v) is 12.9. The molecule has 1 saturated heterocycles. The minimum absolute atomic E-state index is 0.00653. The van der Waals surface area contributed by atoms with E-state index < -0.39 is 5.41 Å². The van der Waals surface area contributed by atoms with Crippen LogP contribution in [0.2, 0.25) is 0 Å².